The lowest BCUT2D eigenvalue weighted by Crippen LogP contribution is -2.37. The fourth-order valence-corrected chi connectivity index (χ4v) is 3.39. The highest BCUT2D eigenvalue weighted by Gasteiger charge is 2.14. The Morgan fingerprint density at radius 3 is 2.54 bits per heavy atom. The van der Waals surface area contributed by atoms with Gasteiger partial charge >= 0.3 is 0 Å². The monoisotopic (exact) mass is 365 g/mol. The van der Waals surface area contributed by atoms with Gasteiger partial charge < -0.3 is 10.1 Å². The Kier molecular flexibility index (Phi) is 6.18. The number of aryl methyl sites for hydroxylation is 1. The van der Waals surface area contributed by atoms with E-state index >= 15 is 0 Å². The molecule has 3 aromatic rings. The van der Waals surface area contributed by atoms with Crippen LogP contribution in [0.5, 0.6) is 5.75 Å². The standard InChI is InChI=1S/C22H23NO2S/c1-16-7-11-21(12-8-16)26-14-13-23-22(24)17(2)25-20-10-9-18-5-3-4-6-19(18)15-20/h3-12,15,17H,13-14H2,1-2H3,(H,23,24)/t17-/m1/s1. The molecule has 4 heteroatoms. The Balaban J connectivity index is 1.45. The van der Waals surface area contributed by atoms with E-state index in [1.807, 2.05) is 36.4 Å². The number of amides is 1. The van der Waals surface area contributed by atoms with E-state index in [4.69, 9.17) is 4.74 Å². The van der Waals surface area contributed by atoms with Crippen molar-refractivity contribution in [2.75, 3.05) is 12.3 Å². The Labute approximate surface area is 158 Å². The summed E-state index contributed by atoms with van der Waals surface area (Å²) in [7, 11) is 0. The number of ether oxygens (including phenoxy) is 1. The van der Waals surface area contributed by atoms with Gasteiger partial charge in [0.1, 0.15) is 5.75 Å². The second kappa shape index (κ2) is 8.77. The molecule has 3 aromatic carbocycles. The van der Waals surface area contributed by atoms with Crippen molar-refractivity contribution in [3.8, 4) is 5.75 Å². The first kappa shape index (κ1) is 18.3. The van der Waals surface area contributed by atoms with Crippen LogP contribution < -0.4 is 10.1 Å². The van der Waals surface area contributed by atoms with Crippen LogP contribution in [0.2, 0.25) is 0 Å². The van der Waals surface area contributed by atoms with Gasteiger partial charge in [0, 0.05) is 17.2 Å². The molecule has 0 aliphatic carbocycles. The maximum absolute atomic E-state index is 12.2. The van der Waals surface area contributed by atoms with E-state index < -0.39 is 6.10 Å². The molecule has 1 amide bonds. The normalized spacial score (nSPS) is 11.9. The molecule has 3 nitrogen and oxygen atoms in total. The van der Waals surface area contributed by atoms with Crippen LogP contribution in [0.25, 0.3) is 10.8 Å². The number of carbonyl (C=O) groups excluding carboxylic acids is 1. The first-order valence-electron chi connectivity index (χ1n) is 8.74. The van der Waals surface area contributed by atoms with Gasteiger partial charge in [-0.2, -0.15) is 0 Å². The molecule has 0 saturated heterocycles. The Bertz CT molecular complexity index is 877. The quantitative estimate of drug-likeness (QED) is 0.482. The van der Waals surface area contributed by atoms with Crippen LogP contribution in [-0.4, -0.2) is 24.3 Å². The van der Waals surface area contributed by atoms with Crippen LogP contribution >= 0.6 is 11.8 Å². The molecule has 0 aliphatic heterocycles. The van der Waals surface area contributed by atoms with E-state index in [1.54, 1.807) is 18.7 Å². The van der Waals surface area contributed by atoms with E-state index in [0.29, 0.717) is 12.3 Å². The van der Waals surface area contributed by atoms with Crippen molar-refractivity contribution in [2.45, 2.75) is 24.8 Å². The fourth-order valence-electron chi connectivity index (χ4n) is 2.62. The van der Waals surface area contributed by atoms with Crippen LogP contribution in [0.4, 0.5) is 0 Å². The molecule has 0 spiro atoms. The second-order valence-corrected chi connectivity index (χ2v) is 7.39. The van der Waals surface area contributed by atoms with E-state index in [1.165, 1.54) is 10.5 Å². The average molecular weight is 365 g/mol. The summed E-state index contributed by atoms with van der Waals surface area (Å²) >= 11 is 1.73. The summed E-state index contributed by atoms with van der Waals surface area (Å²) in [6.07, 6.45) is -0.527. The SMILES string of the molecule is Cc1ccc(SCCNC(=O)[C@@H](C)Oc2ccc3ccccc3c2)cc1. The first-order valence-corrected chi connectivity index (χ1v) is 9.73. The summed E-state index contributed by atoms with van der Waals surface area (Å²) in [5, 5.41) is 5.20. The number of benzene rings is 3. The van der Waals surface area contributed by atoms with Crippen molar-refractivity contribution in [3.63, 3.8) is 0 Å². The average Bonchev–Trinajstić information content (AvgIpc) is 2.66. The van der Waals surface area contributed by atoms with Gasteiger partial charge in [0.25, 0.3) is 5.91 Å². The van der Waals surface area contributed by atoms with Crippen LogP contribution in [-0.2, 0) is 4.79 Å². The maximum atomic E-state index is 12.2. The largest absolute Gasteiger partial charge is 0.481 e. The topological polar surface area (TPSA) is 38.3 Å². The van der Waals surface area contributed by atoms with Crippen molar-refractivity contribution in [1.82, 2.24) is 5.32 Å². The molecule has 3 rings (SSSR count). The van der Waals surface area contributed by atoms with Crippen molar-refractivity contribution >= 4 is 28.4 Å². The number of fused-ring (bicyclic) bond motifs is 1. The summed E-state index contributed by atoms with van der Waals surface area (Å²) in [5.74, 6) is 1.44. The number of thioether (sulfide) groups is 1. The van der Waals surface area contributed by atoms with E-state index in [2.05, 4.69) is 42.6 Å². The molecule has 26 heavy (non-hydrogen) atoms. The number of carbonyl (C=O) groups is 1. The minimum absolute atomic E-state index is 0.0948. The molecule has 134 valence electrons. The van der Waals surface area contributed by atoms with Gasteiger partial charge in [-0.25, -0.2) is 0 Å². The van der Waals surface area contributed by atoms with Gasteiger partial charge in [0.2, 0.25) is 0 Å². The molecule has 0 aromatic heterocycles. The molecule has 1 N–H and O–H groups in total. The molecule has 0 aliphatic rings. The van der Waals surface area contributed by atoms with Crippen LogP contribution in [0.3, 0.4) is 0 Å². The zero-order valence-electron chi connectivity index (χ0n) is 15.1. The van der Waals surface area contributed by atoms with E-state index in [-0.39, 0.29) is 5.91 Å². The number of nitrogens with one attached hydrogen (secondary N) is 1. The summed E-state index contributed by atoms with van der Waals surface area (Å²) in [4.78, 5) is 13.4. The predicted molar refractivity (Wildman–Crippen MR) is 109 cm³/mol. The van der Waals surface area contributed by atoms with Crippen molar-refractivity contribution < 1.29 is 9.53 Å². The Morgan fingerprint density at radius 1 is 1.04 bits per heavy atom. The smallest absolute Gasteiger partial charge is 0.260 e. The van der Waals surface area contributed by atoms with Gasteiger partial charge in [0.05, 0.1) is 0 Å². The summed E-state index contributed by atoms with van der Waals surface area (Å²) in [6.45, 7) is 4.46. The lowest BCUT2D eigenvalue weighted by atomic mass is 10.1. The summed E-state index contributed by atoms with van der Waals surface area (Å²) in [5.41, 5.74) is 1.25. The predicted octanol–water partition coefficient (Wildman–Crippen LogP) is 4.82. The number of hydrogen-bond donors (Lipinski definition) is 1. The number of hydrogen-bond acceptors (Lipinski definition) is 3. The third-order valence-electron chi connectivity index (χ3n) is 4.09. The fraction of sp³-hybridized carbons (Fsp3) is 0.227. The van der Waals surface area contributed by atoms with Crippen LogP contribution in [0, 0.1) is 6.92 Å². The third-order valence-corrected chi connectivity index (χ3v) is 5.11. The molecule has 0 unspecified atom stereocenters. The highest BCUT2D eigenvalue weighted by atomic mass is 32.2. The lowest BCUT2D eigenvalue weighted by Gasteiger charge is -2.15. The van der Waals surface area contributed by atoms with Gasteiger partial charge in [-0.15, -0.1) is 11.8 Å². The molecular formula is C22H23NO2S. The molecule has 0 fully saturated rings. The zero-order valence-corrected chi connectivity index (χ0v) is 15.9. The second-order valence-electron chi connectivity index (χ2n) is 6.22. The van der Waals surface area contributed by atoms with Crippen molar-refractivity contribution in [3.05, 3.63) is 72.3 Å². The highest BCUT2D eigenvalue weighted by Crippen LogP contribution is 2.21. The molecule has 0 bridgehead atoms. The third kappa shape index (κ3) is 5.02. The van der Waals surface area contributed by atoms with Gasteiger partial charge in [-0.05, 0) is 48.9 Å². The van der Waals surface area contributed by atoms with Crippen molar-refractivity contribution in [1.29, 1.82) is 0 Å². The van der Waals surface area contributed by atoms with E-state index in [9.17, 15) is 4.79 Å². The number of rotatable bonds is 7. The first-order chi connectivity index (χ1) is 12.6. The summed E-state index contributed by atoms with van der Waals surface area (Å²) < 4.78 is 5.79. The Morgan fingerprint density at radius 2 is 1.77 bits per heavy atom. The molecule has 1 atom stereocenters. The lowest BCUT2D eigenvalue weighted by molar-refractivity contribution is -0.127. The molecular weight excluding hydrogens is 342 g/mol. The van der Waals surface area contributed by atoms with Gasteiger partial charge in [-0.1, -0.05) is 48.0 Å². The zero-order chi connectivity index (χ0) is 18.4. The molecule has 0 heterocycles. The van der Waals surface area contributed by atoms with Crippen LogP contribution in [0.15, 0.2) is 71.6 Å². The highest BCUT2D eigenvalue weighted by molar-refractivity contribution is 7.99. The Hall–Kier alpha value is -2.46. The molecule has 0 saturated carbocycles. The van der Waals surface area contributed by atoms with E-state index in [0.717, 1.165) is 16.5 Å². The molecule has 0 radical (unpaired) electrons. The van der Waals surface area contributed by atoms with Gasteiger partial charge in [0.15, 0.2) is 6.10 Å². The van der Waals surface area contributed by atoms with Crippen molar-refractivity contribution in [2.24, 2.45) is 0 Å². The minimum atomic E-state index is -0.527. The van der Waals surface area contributed by atoms with Crippen LogP contribution in [0.1, 0.15) is 12.5 Å². The summed E-state index contributed by atoms with van der Waals surface area (Å²) in [6, 6.07) is 22.4. The minimum Gasteiger partial charge on any atom is -0.481 e. The van der Waals surface area contributed by atoms with Gasteiger partial charge in [-0.3, -0.25) is 4.79 Å². The maximum Gasteiger partial charge on any atom is 0.260 e.